The highest BCUT2D eigenvalue weighted by molar-refractivity contribution is 6.33. The highest BCUT2D eigenvalue weighted by Gasteiger charge is 2.50. The third-order valence-electron chi connectivity index (χ3n) is 10.3. The van der Waals surface area contributed by atoms with Crippen LogP contribution in [-0.4, -0.2) is 72.1 Å². The average Bonchev–Trinajstić information content (AvgIpc) is 3.90. The lowest BCUT2D eigenvalue weighted by atomic mass is 9.85. The molecule has 2 N–H and O–H groups in total. The van der Waals surface area contributed by atoms with Crippen LogP contribution < -0.4 is 15.8 Å². The van der Waals surface area contributed by atoms with Gasteiger partial charge in [0.05, 0.1) is 33.6 Å². The van der Waals surface area contributed by atoms with Crippen molar-refractivity contribution >= 4 is 40.6 Å². The van der Waals surface area contributed by atoms with Crippen molar-refractivity contribution in [3.8, 4) is 17.1 Å². The number of nitrogens with one attached hydrogen (secondary N) is 1. The van der Waals surface area contributed by atoms with Crippen molar-refractivity contribution in [1.29, 1.82) is 0 Å². The molecular formula is C37H34ClF3N8O5. The largest absolute Gasteiger partial charge is 0.505 e. The van der Waals surface area contributed by atoms with Crippen LogP contribution in [0, 0.1) is 0 Å². The van der Waals surface area contributed by atoms with Crippen molar-refractivity contribution < 1.29 is 32.6 Å². The van der Waals surface area contributed by atoms with Gasteiger partial charge in [-0.1, -0.05) is 11.6 Å². The summed E-state index contributed by atoms with van der Waals surface area (Å²) in [5.74, 6) is -1.03. The topological polar surface area (TPSA) is 147 Å². The minimum Gasteiger partial charge on any atom is -0.505 e. The Morgan fingerprint density at radius 1 is 1.06 bits per heavy atom. The maximum Gasteiger partial charge on any atom is 0.416 e. The van der Waals surface area contributed by atoms with Crippen LogP contribution in [0.15, 0.2) is 65.6 Å². The molecule has 5 aromatic rings. The number of nitrogens with zero attached hydrogens (tertiary/aromatic N) is 7. The van der Waals surface area contributed by atoms with Crippen molar-refractivity contribution in [2.75, 3.05) is 36.4 Å². The second kappa shape index (κ2) is 13.4. The normalized spacial score (nSPS) is 18.1. The van der Waals surface area contributed by atoms with Crippen LogP contribution in [0.3, 0.4) is 0 Å². The van der Waals surface area contributed by atoms with E-state index in [0.29, 0.717) is 11.3 Å². The lowest BCUT2D eigenvalue weighted by Gasteiger charge is -2.39. The van der Waals surface area contributed by atoms with Gasteiger partial charge >= 0.3 is 6.18 Å². The van der Waals surface area contributed by atoms with E-state index in [4.69, 9.17) is 21.3 Å². The molecule has 2 amide bonds. The number of hydrogen-bond donors (Lipinski definition) is 2. The number of anilines is 2. The van der Waals surface area contributed by atoms with Crippen LogP contribution in [0.2, 0.25) is 5.02 Å². The molecule has 0 saturated carbocycles. The molecule has 17 heteroatoms. The number of aromatic hydroxyl groups is 1. The Bertz CT molecular complexity index is 2350. The smallest absolute Gasteiger partial charge is 0.416 e. The van der Waals surface area contributed by atoms with Gasteiger partial charge in [0.15, 0.2) is 11.5 Å². The molecule has 280 valence electrons. The number of halogens is 4. The van der Waals surface area contributed by atoms with Crippen molar-refractivity contribution in [1.82, 2.24) is 29.0 Å². The van der Waals surface area contributed by atoms with Gasteiger partial charge in [-0.15, -0.1) is 5.10 Å². The van der Waals surface area contributed by atoms with Crippen LogP contribution in [0.25, 0.3) is 17.2 Å². The summed E-state index contributed by atoms with van der Waals surface area (Å²) < 4.78 is 49.1. The van der Waals surface area contributed by atoms with Gasteiger partial charge in [-0.3, -0.25) is 14.4 Å². The fraction of sp³-hybridized carbons (Fsp3) is 0.351. The standard InChI is InChI=1S/C37H34ClF3N8O5/c1-21-31-29(36(54-21)12-17-47(18-13-36)34(53)30-27(50)5-4-14-42-30)33(52)49-35(44-32(45-49)22-6-9-24(10-7-22)46-15-2-3-16-46)48(31)20-28(51)43-26-11-8-23(19-25(26)38)37(39,40)41/h4-11,14,19,21,50H,2-3,12-13,15-18,20H2,1H3,(H,43,51)/t21-/m1/s1. The number of rotatable bonds is 6. The van der Waals surface area contributed by atoms with Gasteiger partial charge in [-0.05, 0) is 87.2 Å². The molecule has 3 aliphatic rings. The molecule has 3 aliphatic heterocycles. The minimum absolute atomic E-state index is 0.0274. The molecule has 3 aromatic heterocycles. The summed E-state index contributed by atoms with van der Waals surface area (Å²) in [4.78, 5) is 54.1. The van der Waals surface area contributed by atoms with Crippen molar-refractivity contribution in [3.63, 3.8) is 0 Å². The lowest BCUT2D eigenvalue weighted by Crippen LogP contribution is -2.47. The maximum atomic E-state index is 14.5. The van der Waals surface area contributed by atoms with Crippen LogP contribution in [-0.2, 0) is 27.9 Å². The van der Waals surface area contributed by atoms with Gasteiger partial charge in [-0.2, -0.15) is 22.7 Å². The van der Waals surface area contributed by atoms with Crippen LogP contribution >= 0.6 is 11.6 Å². The summed E-state index contributed by atoms with van der Waals surface area (Å²) >= 11 is 6.16. The van der Waals surface area contributed by atoms with Gasteiger partial charge in [0.2, 0.25) is 11.7 Å². The Kier molecular flexibility index (Phi) is 8.84. The van der Waals surface area contributed by atoms with E-state index < -0.39 is 47.4 Å². The fourth-order valence-electron chi connectivity index (χ4n) is 7.73. The van der Waals surface area contributed by atoms with Crippen molar-refractivity contribution in [2.45, 2.75) is 57.0 Å². The number of alkyl halides is 3. The first-order valence-electron chi connectivity index (χ1n) is 17.5. The second-order valence-corrected chi connectivity index (χ2v) is 14.1. The first-order chi connectivity index (χ1) is 25.8. The predicted molar refractivity (Wildman–Crippen MR) is 191 cm³/mol. The summed E-state index contributed by atoms with van der Waals surface area (Å²) in [7, 11) is 0. The number of amides is 2. The molecule has 0 aliphatic carbocycles. The minimum atomic E-state index is -4.62. The van der Waals surface area contributed by atoms with Crippen LogP contribution in [0.4, 0.5) is 24.5 Å². The number of benzene rings is 2. The van der Waals surface area contributed by atoms with Crippen molar-refractivity contribution in [3.05, 3.63) is 98.7 Å². The molecular weight excluding hydrogens is 729 g/mol. The first kappa shape index (κ1) is 35.5. The molecule has 2 aromatic carbocycles. The van der Waals surface area contributed by atoms with Gasteiger partial charge < -0.3 is 29.5 Å². The number of aromatic nitrogens is 5. The number of hydrogen-bond acceptors (Lipinski definition) is 9. The Hall–Kier alpha value is -5.48. The first-order valence-corrected chi connectivity index (χ1v) is 17.9. The fourth-order valence-corrected chi connectivity index (χ4v) is 7.96. The Morgan fingerprint density at radius 3 is 2.44 bits per heavy atom. The van der Waals surface area contributed by atoms with E-state index in [0.717, 1.165) is 54.3 Å². The van der Waals surface area contributed by atoms with Gasteiger partial charge in [0.1, 0.15) is 17.9 Å². The number of likely N-dealkylation sites (tertiary alicyclic amines) is 1. The van der Waals surface area contributed by atoms with Gasteiger partial charge in [0.25, 0.3) is 11.5 Å². The van der Waals surface area contributed by atoms with Gasteiger partial charge in [-0.25, -0.2) is 4.98 Å². The van der Waals surface area contributed by atoms with Gasteiger partial charge in [0, 0.05) is 43.6 Å². The SMILES string of the molecule is C[C@H]1OC2(CCN(C(=O)c3ncccc3O)CC2)c2c1n(CC(=O)Nc1ccc(C(F)(F)F)cc1Cl)c1nc(-c3ccc(N4CCCC4)cc3)nn1c2=O. The summed E-state index contributed by atoms with van der Waals surface area (Å²) in [6.45, 7) is 3.63. The zero-order valence-corrected chi connectivity index (χ0v) is 29.7. The van der Waals surface area contributed by atoms with Crippen molar-refractivity contribution in [2.24, 2.45) is 0 Å². The zero-order chi connectivity index (χ0) is 37.9. The molecule has 54 heavy (non-hydrogen) atoms. The number of carbonyl (C=O) groups is 2. The molecule has 2 fully saturated rings. The molecule has 0 unspecified atom stereocenters. The molecule has 0 bridgehead atoms. The van der Waals surface area contributed by atoms with E-state index in [1.807, 2.05) is 24.3 Å². The maximum absolute atomic E-state index is 14.5. The lowest BCUT2D eigenvalue weighted by molar-refractivity contribution is -0.137. The summed E-state index contributed by atoms with van der Waals surface area (Å²) in [6, 6.07) is 13.2. The summed E-state index contributed by atoms with van der Waals surface area (Å²) in [5.41, 5.74) is -0.325. The second-order valence-electron chi connectivity index (χ2n) is 13.7. The molecule has 13 nitrogen and oxygen atoms in total. The average molecular weight is 763 g/mol. The zero-order valence-electron chi connectivity index (χ0n) is 28.9. The highest BCUT2D eigenvalue weighted by Crippen LogP contribution is 2.48. The predicted octanol–water partition coefficient (Wildman–Crippen LogP) is 5.79. The monoisotopic (exact) mass is 762 g/mol. The quantitative estimate of drug-likeness (QED) is 0.219. The van der Waals surface area contributed by atoms with E-state index in [9.17, 15) is 32.7 Å². The third-order valence-corrected chi connectivity index (χ3v) is 10.7. The van der Waals surface area contributed by atoms with E-state index >= 15 is 0 Å². The molecule has 1 spiro atoms. The highest BCUT2D eigenvalue weighted by atomic mass is 35.5. The van der Waals surface area contributed by atoms with E-state index in [2.05, 4.69) is 20.3 Å². The van der Waals surface area contributed by atoms with E-state index in [-0.39, 0.29) is 65.3 Å². The number of fused-ring (bicyclic) bond motifs is 3. The molecule has 2 saturated heterocycles. The summed E-state index contributed by atoms with van der Waals surface area (Å²) in [5, 5.41) is 17.2. The van der Waals surface area contributed by atoms with Crippen LogP contribution in [0.5, 0.6) is 5.75 Å². The number of ether oxygens (including phenoxy) is 1. The Labute approximate surface area is 310 Å². The Balaban J connectivity index is 1.17. The van der Waals surface area contributed by atoms with Crippen LogP contribution in [0.1, 0.15) is 66.0 Å². The molecule has 8 rings (SSSR count). The third kappa shape index (κ3) is 6.22. The Morgan fingerprint density at radius 2 is 1.78 bits per heavy atom. The molecule has 1 atom stereocenters. The number of carbonyl (C=O) groups excluding carboxylic acids is 2. The van der Waals surface area contributed by atoms with E-state index in [1.54, 1.807) is 11.5 Å². The number of pyridine rings is 1. The molecule has 0 radical (unpaired) electrons. The van der Waals surface area contributed by atoms with E-state index in [1.165, 1.54) is 23.2 Å². The number of piperidine rings is 1. The molecule has 6 heterocycles. The summed E-state index contributed by atoms with van der Waals surface area (Å²) in [6.07, 6.45) is -1.23.